The Balaban J connectivity index is 1.83. The first-order valence-corrected chi connectivity index (χ1v) is 10.2. The molecule has 0 atom stereocenters. The molecular weight excluding hydrogens is 382 g/mol. The number of carbonyl (C=O) groups is 1. The molecule has 0 aliphatic rings. The summed E-state index contributed by atoms with van der Waals surface area (Å²) in [6, 6.07) is 7.39. The van der Waals surface area contributed by atoms with Crippen molar-refractivity contribution in [3.63, 3.8) is 0 Å². The van der Waals surface area contributed by atoms with Gasteiger partial charge in [-0.1, -0.05) is 49.6 Å². The van der Waals surface area contributed by atoms with Crippen LogP contribution in [0.1, 0.15) is 47.0 Å². The molecule has 1 aromatic carbocycles. The average molecular weight is 404 g/mol. The number of halogens is 1. The van der Waals surface area contributed by atoms with Crippen molar-refractivity contribution in [3.8, 4) is 0 Å². The van der Waals surface area contributed by atoms with Gasteiger partial charge in [0.25, 0.3) is 11.5 Å². The number of aromatic nitrogens is 2. The molecule has 0 fully saturated rings. The Morgan fingerprint density at radius 2 is 2.07 bits per heavy atom. The molecule has 0 unspecified atom stereocenters. The minimum absolute atomic E-state index is 0.0741. The Bertz CT molecular complexity index is 1030. The summed E-state index contributed by atoms with van der Waals surface area (Å²) < 4.78 is 1.64. The molecule has 7 heteroatoms. The molecule has 0 aliphatic carbocycles. The van der Waals surface area contributed by atoms with Crippen molar-refractivity contribution >= 4 is 39.1 Å². The van der Waals surface area contributed by atoms with Crippen molar-refractivity contribution in [2.75, 3.05) is 0 Å². The Morgan fingerprint density at radius 1 is 1.30 bits per heavy atom. The van der Waals surface area contributed by atoms with Gasteiger partial charge in [-0.3, -0.25) is 14.2 Å². The fraction of sp³-hybridized carbons (Fsp3) is 0.350. The molecule has 0 bridgehead atoms. The van der Waals surface area contributed by atoms with Gasteiger partial charge in [0, 0.05) is 18.1 Å². The van der Waals surface area contributed by atoms with E-state index in [0.29, 0.717) is 38.8 Å². The van der Waals surface area contributed by atoms with E-state index in [9.17, 15) is 9.59 Å². The molecule has 27 heavy (non-hydrogen) atoms. The van der Waals surface area contributed by atoms with Crippen LogP contribution in [-0.4, -0.2) is 15.5 Å². The maximum absolute atomic E-state index is 12.8. The monoisotopic (exact) mass is 403 g/mol. The van der Waals surface area contributed by atoms with Gasteiger partial charge in [-0.2, -0.15) is 0 Å². The SMILES string of the molecule is CCCCCn1cnc2sc(C(=O)NCc3ccccc3Cl)c(C)c2c1=O. The third-order valence-electron chi connectivity index (χ3n) is 4.52. The lowest BCUT2D eigenvalue weighted by molar-refractivity contribution is 0.0954. The van der Waals surface area contributed by atoms with E-state index in [-0.39, 0.29) is 11.5 Å². The zero-order valence-electron chi connectivity index (χ0n) is 15.4. The molecule has 2 heterocycles. The standard InChI is InChI=1S/C20H22ClN3O2S/c1-3-4-7-10-24-12-23-19-16(20(24)26)13(2)17(27-19)18(25)22-11-14-8-5-6-9-15(14)21/h5-6,8-9,12H,3-4,7,10-11H2,1-2H3,(H,22,25). The summed E-state index contributed by atoms with van der Waals surface area (Å²) >= 11 is 7.39. The van der Waals surface area contributed by atoms with E-state index in [1.54, 1.807) is 17.0 Å². The van der Waals surface area contributed by atoms with Crippen molar-refractivity contribution in [1.82, 2.24) is 14.9 Å². The number of nitrogens with one attached hydrogen (secondary N) is 1. The summed E-state index contributed by atoms with van der Waals surface area (Å²) in [5.74, 6) is -0.215. The van der Waals surface area contributed by atoms with Gasteiger partial charge >= 0.3 is 0 Å². The number of fused-ring (bicyclic) bond motifs is 1. The number of unbranched alkanes of at least 4 members (excludes halogenated alkanes) is 2. The van der Waals surface area contributed by atoms with Crippen molar-refractivity contribution < 1.29 is 4.79 Å². The minimum atomic E-state index is -0.215. The van der Waals surface area contributed by atoms with Crippen molar-refractivity contribution in [2.45, 2.75) is 46.2 Å². The van der Waals surface area contributed by atoms with E-state index in [0.717, 1.165) is 24.8 Å². The second-order valence-electron chi connectivity index (χ2n) is 6.46. The van der Waals surface area contributed by atoms with Crippen molar-refractivity contribution in [1.29, 1.82) is 0 Å². The number of rotatable bonds is 7. The molecule has 0 spiro atoms. The molecule has 0 saturated heterocycles. The summed E-state index contributed by atoms with van der Waals surface area (Å²) in [6.07, 6.45) is 4.69. The first kappa shape index (κ1) is 19.6. The molecule has 3 aromatic rings. The fourth-order valence-electron chi connectivity index (χ4n) is 2.96. The number of thiophene rings is 1. The summed E-state index contributed by atoms with van der Waals surface area (Å²) in [5.41, 5.74) is 1.46. The third kappa shape index (κ3) is 4.22. The first-order chi connectivity index (χ1) is 13.0. The van der Waals surface area contributed by atoms with Gasteiger partial charge in [-0.05, 0) is 30.5 Å². The highest BCUT2D eigenvalue weighted by Gasteiger charge is 2.19. The molecule has 0 saturated carbocycles. The topological polar surface area (TPSA) is 64.0 Å². The van der Waals surface area contributed by atoms with Crippen molar-refractivity contribution in [2.24, 2.45) is 0 Å². The Hall–Kier alpha value is -2.18. The second kappa shape index (κ2) is 8.67. The lowest BCUT2D eigenvalue weighted by atomic mass is 10.2. The van der Waals surface area contributed by atoms with Crippen LogP contribution in [0.15, 0.2) is 35.4 Å². The van der Waals surface area contributed by atoms with E-state index in [4.69, 9.17) is 11.6 Å². The van der Waals surface area contributed by atoms with Crippen LogP contribution in [0, 0.1) is 6.92 Å². The van der Waals surface area contributed by atoms with Crippen LogP contribution in [0.3, 0.4) is 0 Å². The maximum atomic E-state index is 12.8. The predicted octanol–water partition coefficient (Wildman–Crippen LogP) is 4.54. The number of benzene rings is 1. The van der Waals surface area contributed by atoms with Crippen LogP contribution in [0.2, 0.25) is 5.02 Å². The van der Waals surface area contributed by atoms with Crippen LogP contribution < -0.4 is 10.9 Å². The zero-order chi connectivity index (χ0) is 19.4. The van der Waals surface area contributed by atoms with E-state index in [1.165, 1.54) is 11.3 Å². The Kier molecular flexibility index (Phi) is 6.29. The highest BCUT2D eigenvalue weighted by molar-refractivity contribution is 7.20. The molecular formula is C20H22ClN3O2S. The number of carbonyl (C=O) groups excluding carboxylic acids is 1. The van der Waals surface area contributed by atoms with Gasteiger partial charge in [0.1, 0.15) is 4.83 Å². The summed E-state index contributed by atoms with van der Waals surface area (Å²) in [5, 5.41) is 4.04. The van der Waals surface area contributed by atoms with E-state index >= 15 is 0 Å². The lowest BCUT2D eigenvalue weighted by Gasteiger charge is -2.06. The number of amides is 1. The van der Waals surface area contributed by atoms with Gasteiger partial charge in [-0.15, -0.1) is 11.3 Å². The molecule has 1 N–H and O–H groups in total. The molecule has 142 valence electrons. The third-order valence-corrected chi connectivity index (χ3v) is 6.09. The van der Waals surface area contributed by atoms with Gasteiger partial charge in [0.05, 0.1) is 16.6 Å². The van der Waals surface area contributed by atoms with E-state index < -0.39 is 0 Å². The number of hydrogen-bond donors (Lipinski definition) is 1. The average Bonchev–Trinajstić information content (AvgIpc) is 3.00. The van der Waals surface area contributed by atoms with Gasteiger partial charge < -0.3 is 5.32 Å². The number of aryl methyl sites for hydroxylation is 2. The Labute approximate surface area is 167 Å². The summed E-state index contributed by atoms with van der Waals surface area (Å²) in [6.45, 7) is 4.92. The van der Waals surface area contributed by atoms with E-state index in [1.807, 2.05) is 25.1 Å². The number of hydrogen-bond acceptors (Lipinski definition) is 4. The Morgan fingerprint density at radius 3 is 2.81 bits per heavy atom. The molecule has 3 rings (SSSR count). The summed E-state index contributed by atoms with van der Waals surface area (Å²) in [7, 11) is 0. The fourth-order valence-corrected chi connectivity index (χ4v) is 4.22. The maximum Gasteiger partial charge on any atom is 0.262 e. The van der Waals surface area contributed by atoms with Gasteiger partial charge in [0.15, 0.2) is 0 Å². The highest BCUT2D eigenvalue weighted by Crippen LogP contribution is 2.27. The van der Waals surface area contributed by atoms with Crippen LogP contribution in [0.4, 0.5) is 0 Å². The van der Waals surface area contributed by atoms with Crippen LogP contribution in [0.5, 0.6) is 0 Å². The molecule has 1 amide bonds. The van der Waals surface area contributed by atoms with Crippen LogP contribution in [0.25, 0.3) is 10.2 Å². The summed E-state index contributed by atoms with van der Waals surface area (Å²) in [4.78, 5) is 31.0. The van der Waals surface area contributed by atoms with Gasteiger partial charge in [-0.25, -0.2) is 4.98 Å². The first-order valence-electron chi connectivity index (χ1n) is 9.03. The molecule has 0 aliphatic heterocycles. The number of nitrogens with zero attached hydrogens (tertiary/aromatic N) is 2. The quantitative estimate of drug-likeness (QED) is 0.589. The van der Waals surface area contributed by atoms with Gasteiger partial charge in [0.2, 0.25) is 0 Å². The van der Waals surface area contributed by atoms with Crippen LogP contribution >= 0.6 is 22.9 Å². The second-order valence-corrected chi connectivity index (χ2v) is 7.87. The smallest absolute Gasteiger partial charge is 0.262 e. The van der Waals surface area contributed by atoms with Crippen LogP contribution in [-0.2, 0) is 13.1 Å². The minimum Gasteiger partial charge on any atom is -0.347 e. The molecule has 5 nitrogen and oxygen atoms in total. The van der Waals surface area contributed by atoms with Crippen molar-refractivity contribution in [3.05, 3.63) is 62.0 Å². The molecule has 2 aromatic heterocycles. The van der Waals surface area contributed by atoms with E-state index in [2.05, 4.69) is 17.2 Å². The predicted molar refractivity (Wildman–Crippen MR) is 111 cm³/mol. The molecule has 0 radical (unpaired) electrons. The zero-order valence-corrected chi connectivity index (χ0v) is 17.0. The highest BCUT2D eigenvalue weighted by atomic mass is 35.5. The lowest BCUT2D eigenvalue weighted by Crippen LogP contribution is -2.23. The normalized spacial score (nSPS) is 11.1. The largest absolute Gasteiger partial charge is 0.347 e.